The van der Waals surface area contributed by atoms with Gasteiger partial charge in [0.15, 0.2) is 0 Å². The molecule has 2 rings (SSSR count). The number of nitrogens with one attached hydrogen (secondary N) is 1. The molecule has 0 bridgehead atoms. The van der Waals surface area contributed by atoms with E-state index in [0.29, 0.717) is 11.3 Å². The van der Waals surface area contributed by atoms with E-state index < -0.39 is 21.7 Å². The number of aryl methyl sites for hydroxylation is 1. The number of carbonyl (C=O) groups is 1. The molecule has 0 radical (unpaired) electrons. The number of rotatable bonds is 5. The molecule has 1 amide bonds. The minimum atomic E-state index is -3.62. The second kappa shape index (κ2) is 7.99. The quantitative estimate of drug-likeness (QED) is 0.784. The third-order valence-electron chi connectivity index (χ3n) is 3.65. The Morgan fingerprint density at radius 1 is 1.23 bits per heavy atom. The highest BCUT2D eigenvalue weighted by Gasteiger charge is 2.18. The molecule has 0 aliphatic carbocycles. The van der Waals surface area contributed by atoms with E-state index in [1.165, 1.54) is 50.5 Å². The van der Waals surface area contributed by atoms with Gasteiger partial charge < -0.3 is 5.32 Å². The highest BCUT2D eigenvalue weighted by Crippen LogP contribution is 2.23. The Balaban J connectivity index is 2.26. The topological polar surface area (TPSA) is 66.5 Å². The summed E-state index contributed by atoms with van der Waals surface area (Å²) in [5, 5.41) is 2.78. The molecule has 0 fully saturated rings. The Hall–Kier alpha value is -2.22. The summed E-state index contributed by atoms with van der Waals surface area (Å²) in [5.74, 6) is -1.08. The largest absolute Gasteiger partial charge is 0.322 e. The monoisotopic (exact) mass is 396 g/mol. The third-order valence-corrected chi connectivity index (χ3v) is 5.79. The first kappa shape index (κ1) is 20.1. The smallest absolute Gasteiger partial charge is 0.248 e. The highest BCUT2D eigenvalue weighted by molar-refractivity contribution is 7.89. The Kier molecular flexibility index (Phi) is 6.17. The van der Waals surface area contributed by atoms with Crippen LogP contribution < -0.4 is 5.32 Å². The van der Waals surface area contributed by atoms with E-state index in [1.807, 2.05) is 0 Å². The lowest BCUT2D eigenvalue weighted by Crippen LogP contribution is -2.22. The molecule has 0 aliphatic rings. The number of hydrogen-bond donors (Lipinski definition) is 1. The average Bonchev–Trinajstić information content (AvgIpc) is 2.56. The lowest BCUT2D eigenvalue weighted by Gasteiger charge is -2.14. The number of halogens is 2. The van der Waals surface area contributed by atoms with Crippen LogP contribution in [-0.4, -0.2) is 32.7 Å². The van der Waals surface area contributed by atoms with Crippen molar-refractivity contribution < 1.29 is 17.6 Å². The van der Waals surface area contributed by atoms with Gasteiger partial charge in [0.1, 0.15) is 5.82 Å². The van der Waals surface area contributed by atoms with Crippen LogP contribution in [0.1, 0.15) is 11.1 Å². The van der Waals surface area contributed by atoms with Crippen molar-refractivity contribution in [1.29, 1.82) is 0 Å². The molecular formula is C18H18ClFN2O3S. The van der Waals surface area contributed by atoms with Gasteiger partial charge in [0, 0.05) is 31.4 Å². The van der Waals surface area contributed by atoms with Gasteiger partial charge in [-0.1, -0.05) is 23.7 Å². The second-order valence-corrected chi connectivity index (χ2v) is 8.28. The summed E-state index contributed by atoms with van der Waals surface area (Å²) in [6.07, 6.45) is 2.40. The predicted octanol–water partition coefficient (Wildman–Crippen LogP) is 3.69. The van der Waals surface area contributed by atoms with Crippen molar-refractivity contribution >= 4 is 39.3 Å². The molecule has 0 aromatic heterocycles. The van der Waals surface area contributed by atoms with Gasteiger partial charge in [-0.15, -0.1) is 0 Å². The Labute approximate surface area is 157 Å². The zero-order chi connectivity index (χ0) is 19.5. The van der Waals surface area contributed by atoms with Gasteiger partial charge in [0.2, 0.25) is 15.9 Å². The zero-order valence-electron chi connectivity index (χ0n) is 14.5. The Morgan fingerprint density at radius 2 is 1.92 bits per heavy atom. The minimum Gasteiger partial charge on any atom is -0.322 e. The van der Waals surface area contributed by atoms with E-state index in [1.54, 1.807) is 13.0 Å². The predicted molar refractivity (Wildman–Crippen MR) is 101 cm³/mol. The first-order valence-electron chi connectivity index (χ1n) is 7.59. The number of benzene rings is 2. The van der Waals surface area contributed by atoms with Crippen molar-refractivity contribution in [2.24, 2.45) is 0 Å². The van der Waals surface area contributed by atoms with E-state index in [2.05, 4.69) is 5.32 Å². The lowest BCUT2D eigenvalue weighted by atomic mass is 10.2. The van der Waals surface area contributed by atoms with Gasteiger partial charge in [-0.05, 0) is 42.8 Å². The number of anilines is 1. The van der Waals surface area contributed by atoms with Crippen LogP contribution in [-0.2, 0) is 14.8 Å². The zero-order valence-corrected chi connectivity index (χ0v) is 16.0. The number of sulfonamides is 1. The first-order valence-corrected chi connectivity index (χ1v) is 9.41. The van der Waals surface area contributed by atoms with Crippen LogP contribution in [0.5, 0.6) is 0 Å². The summed E-state index contributed by atoms with van der Waals surface area (Å²) in [6, 6.07) is 8.67. The second-order valence-electron chi connectivity index (χ2n) is 5.72. The van der Waals surface area contributed by atoms with Crippen LogP contribution >= 0.6 is 11.6 Å². The summed E-state index contributed by atoms with van der Waals surface area (Å²) in [4.78, 5) is 12.2. The molecule has 0 unspecified atom stereocenters. The maximum absolute atomic E-state index is 13.7. The third kappa shape index (κ3) is 4.49. The van der Waals surface area contributed by atoms with Crippen molar-refractivity contribution in [2.75, 3.05) is 19.4 Å². The molecule has 0 heterocycles. The van der Waals surface area contributed by atoms with Gasteiger partial charge in [0.05, 0.1) is 9.92 Å². The van der Waals surface area contributed by atoms with Crippen molar-refractivity contribution in [3.8, 4) is 0 Å². The van der Waals surface area contributed by atoms with Crippen molar-refractivity contribution in [1.82, 2.24) is 4.31 Å². The van der Waals surface area contributed by atoms with E-state index in [0.717, 1.165) is 10.4 Å². The van der Waals surface area contributed by atoms with Gasteiger partial charge in [-0.25, -0.2) is 17.1 Å². The minimum absolute atomic E-state index is 0.0597. The van der Waals surface area contributed by atoms with Crippen LogP contribution in [0.4, 0.5) is 10.1 Å². The number of carbonyl (C=O) groups excluding carboxylic acids is 1. The van der Waals surface area contributed by atoms with Crippen molar-refractivity contribution in [3.63, 3.8) is 0 Å². The Bertz CT molecular complexity index is 952. The lowest BCUT2D eigenvalue weighted by molar-refractivity contribution is -0.111. The molecule has 5 nitrogen and oxygen atoms in total. The maximum atomic E-state index is 13.7. The van der Waals surface area contributed by atoms with Crippen molar-refractivity contribution in [3.05, 3.63) is 64.4 Å². The molecule has 0 atom stereocenters. The van der Waals surface area contributed by atoms with Crippen LogP contribution in [0.25, 0.3) is 6.08 Å². The van der Waals surface area contributed by atoms with E-state index in [-0.39, 0.29) is 15.5 Å². The summed E-state index contributed by atoms with van der Waals surface area (Å²) in [7, 11) is -0.772. The SMILES string of the molecule is Cc1ccc(S(=O)(=O)N(C)C)cc1NC(=O)/C=C/c1c(F)cccc1Cl. The molecule has 1 N–H and O–H groups in total. The summed E-state index contributed by atoms with van der Waals surface area (Å²) in [5.41, 5.74) is 1.14. The number of nitrogens with zero attached hydrogens (tertiary/aromatic N) is 1. The fourth-order valence-electron chi connectivity index (χ4n) is 2.11. The molecule has 0 saturated heterocycles. The summed E-state index contributed by atoms with van der Waals surface area (Å²) in [6.45, 7) is 1.74. The van der Waals surface area contributed by atoms with Gasteiger partial charge >= 0.3 is 0 Å². The fraction of sp³-hybridized carbons (Fsp3) is 0.167. The molecule has 26 heavy (non-hydrogen) atoms. The van der Waals surface area contributed by atoms with Crippen LogP contribution in [0, 0.1) is 12.7 Å². The molecule has 0 spiro atoms. The van der Waals surface area contributed by atoms with Crippen LogP contribution in [0.2, 0.25) is 5.02 Å². The number of hydrogen-bond acceptors (Lipinski definition) is 3. The highest BCUT2D eigenvalue weighted by atomic mass is 35.5. The van der Waals surface area contributed by atoms with E-state index in [4.69, 9.17) is 11.6 Å². The fourth-order valence-corrected chi connectivity index (χ4v) is 3.26. The molecule has 138 valence electrons. The molecule has 0 saturated carbocycles. The maximum Gasteiger partial charge on any atom is 0.248 e. The normalized spacial score (nSPS) is 11.9. The van der Waals surface area contributed by atoms with Crippen LogP contribution in [0.15, 0.2) is 47.4 Å². The number of amides is 1. The molecule has 2 aromatic carbocycles. The molecule has 8 heteroatoms. The molecular weight excluding hydrogens is 379 g/mol. The summed E-state index contributed by atoms with van der Waals surface area (Å²) < 4.78 is 39.2. The van der Waals surface area contributed by atoms with E-state index in [9.17, 15) is 17.6 Å². The molecule has 2 aromatic rings. The van der Waals surface area contributed by atoms with Crippen LogP contribution in [0.3, 0.4) is 0 Å². The first-order chi connectivity index (χ1) is 12.1. The average molecular weight is 397 g/mol. The van der Waals surface area contributed by atoms with Crippen molar-refractivity contribution in [2.45, 2.75) is 11.8 Å². The molecule has 0 aliphatic heterocycles. The van der Waals surface area contributed by atoms with E-state index >= 15 is 0 Å². The van der Waals surface area contributed by atoms with Gasteiger partial charge in [0.25, 0.3) is 0 Å². The Morgan fingerprint density at radius 3 is 2.54 bits per heavy atom. The summed E-state index contributed by atoms with van der Waals surface area (Å²) >= 11 is 5.90. The standard InChI is InChI=1S/C18H18ClFN2O3S/c1-12-7-8-13(26(24,25)22(2)3)11-17(12)21-18(23)10-9-14-15(19)5-4-6-16(14)20/h4-11H,1-3H3,(H,21,23)/b10-9+. The van der Waals surface area contributed by atoms with Gasteiger partial charge in [-0.2, -0.15) is 0 Å². The van der Waals surface area contributed by atoms with Gasteiger partial charge in [-0.3, -0.25) is 4.79 Å².